The summed E-state index contributed by atoms with van der Waals surface area (Å²) in [6, 6.07) is 10.0. The molecule has 2 rings (SSSR count). The van der Waals surface area contributed by atoms with Gasteiger partial charge in [-0.05, 0) is 36.8 Å². The lowest BCUT2D eigenvalue weighted by molar-refractivity contribution is 0.430. The van der Waals surface area contributed by atoms with Crippen molar-refractivity contribution in [2.75, 3.05) is 0 Å². The van der Waals surface area contributed by atoms with Gasteiger partial charge >= 0.3 is 0 Å². The third-order valence-corrected chi connectivity index (χ3v) is 2.92. The van der Waals surface area contributed by atoms with E-state index < -0.39 is 0 Å². The zero-order valence-corrected chi connectivity index (χ0v) is 9.50. The summed E-state index contributed by atoms with van der Waals surface area (Å²) in [5.74, 6) is 12.9. The summed E-state index contributed by atoms with van der Waals surface area (Å²) in [6.45, 7) is 0. The zero-order chi connectivity index (χ0) is 11.1. The lowest BCUT2D eigenvalue weighted by Crippen LogP contribution is -2.02. The van der Waals surface area contributed by atoms with Crippen LogP contribution in [0.1, 0.15) is 37.7 Å². The first-order valence-electron chi connectivity index (χ1n) is 6.02. The Balaban J connectivity index is 1.91. The van der Waals surface area contributed by atoms with Crippen molar-refractivity contribution in [1.29, 1.82) is 0 Å². The minimum atomic E-state index is 0.596. The minimum absolute atomic E-state index is 0.596. The average Bonchev–Trinajstić information content (AvgIpc) is 2.37. The fourth-order valence-electron chi connectivity index (χ4n) is 2.01. The van der Waals surface area contributed by atoms with Crippen LogP contribution in [0, 0.1) is 29.6 Å². The van der Waals surface area contributed by atoms with E-state index in [-0.39, 0.29) is 0 Å². The Hall–Kier alpha value is -1.66. The maximum Gasteiger partial charge on any atom is 0.0255 e. The van der Waals surface area contributed by atoms with Crippen LogP contribution in [0.15, 0.2) is 30.3 Å². The molecule has 16 heavy (non-hydrogen) atoms. The van der Waals surface area contributed by atoms with Gasteiger partial charge in [-0.15, -0.1) is 0 Å². The Morgan fingerprint density at radius 2 is 1.62 bits per heavy atom. The SMILES string of the molecule is C(C#CC1CCCCC1)#Cc1ccccc1. The summed E-state index contributed by atoms with van der Waals surface area (Å²) in [6.07, 6.45) is 6.59. The molecule has 0 nitrogen and oxygen atoms in total. The minimum Gasteiger partial charge on any atom is -0.0857 e. The summed E-state index contributed by atoms with van der Waals surface area (Å²) in [5, 5.41) is 0. The highest BCUT2D eigenvalue weighted by atomic mass is 14.1. The second-order valence-corrected chi connectivity index (χ2v) is 4.22. The molecule has 0 atom stereocenters. The van der Waals surface area contributed by atoms with Crippen molar-refractivity contribution in [2.24, 2.45) is 5.92 Å². The van der Waals surface area contributed by atoms with Crippen LogP contribution in [0.3, 0.4) is 0 Å². The molecule has 1 aliphatic carbocycles. The second kappa shape index (κ2) is 6.04. The Morgan fingerprint density at radius 1 is 0.875 bits per heavy atom. The van der Waals surface area contributed by atoms with Crippen LogP contribution in [0.25, 0.3) is 0 Å². The summed E-state index contributed by atoms with van der Waals surface area (Å²) in [5.41, 5.74) is 1.04. The molecule has 0 aliphatic heterocycles. The maximum absolute atomic E-state index is 3.27. The summed E-state index contributed by atoms with van der Waals surface area (Å²) < 4.78 is 0. The third-order valence-electron chi connectivity index (χ3n) is 2.92. The fraction of sp³-hybridized carbons (Fsp3) is 0.375. The van der Waals surface area contributed by atoms with E-state index in [1.54, 1.807) is 0 Å². The van der Waals surface area contributed by atoms with Gasteiger partial charge < -0.3 is 0 Å². The van der Waals surface area contributed by atoms with Gasteiger partial charge in [-0.1, -0.05) is 49.3 Å². The predicted molar refractivity (Wildman–Crippen MR) is 67.7 cm³/mol. The summed E-state index contributed by atoms with van der Waals surface area (Å²) in [7, 11) is 0. The smallest absolute Gasteiger partial charge is 0.0255 e. The van der Waals surface area contributed by atoms with E-state index in [4.69, 9.17) is 0 Å². The molecule has 0 radical (unpaired) electrons. The first-order chi connectivity index (χ1) is 7.95. The van der Waals surface area contributed by atoms with E-state index >= 15 is 0 Å². The molecule has 0 aromatic heterocycles. The monoisotopic (exact) mass is 208 g/mol. The van der Waals surface area contributed by atoms with Crippen molar-refractivity contribution >= 4 is 0 Å². The van der Waals surface area contributed by atoms with E-state index in [0.717, 1.165) is 5.56 Å². The van der Waals surface area contributed by atoms with Gasteiger partial charge in [-0.3, -0.25) is 0 Å². The largest absolute Gasteiger partial charge is 0.0857 e. The van der Waals surface area contributed by atoms with Crippen LogP contribution in [0.4, 0.5) is 0 Å². The molecule has 1 aliphatic rings. The molecule has 1 fully saturated rings. The Bertz CT molecular complexity index is 428. The van der Waals surface area contributed by atoms with E-state index in [9.17, 15) is 0 Å². The van der Waals surface area contributed by atoms with Crippen molar-refractivity contribution in [3.05, 3.63) is 35.9 Å². The van der Waals surface area contributed by atoms with Crippen LogP contribution in [0.5, 0.6) is 0 Å². The molecule has 1 aromatic carbocycles. The number of hydrogen-bond donors (Lipinski definition) is 0. The molecule has 0 saturated heterocycles. The molecule has 80 valence electrons. The van der Waals surface area contributed by atoms with Gasteiger partial charge in [0.25, 0.3) is 0 Å². The van der Waals surface area contributed by atoms with Gasteiger partial charge in [-0.25, -0.2) is 0 Å². The molecule has 1 aromatic rings. The van der Waals surface area contributed by atoms with E-state index in [1.807, 2.05) is 30.3 Å². The van der Waals surface area contributed by atoms with Crippen molar-refractivity contribution in [3.63, 3.8) is 0 Å². The van der Waals surface area contributed by atoms with Gasteiger partial charge in [0.2, 0.25) is 0 Å². The topological polar surface area (TPSA) is 0 Å². The van der Waals surface area contributed by atoms with E-state index in [2.05, 4.69) is 23.7 Å². The molecular formula is C16H16. The third kappa shape index (κ3) is 3.48. The Labute approximate surface area is 98.1 Å². The zero-order valence-electron chi connectivity index (χ0n) is 9.50. The number of hydrogen-bond acceptors (Lipinski definition) is 0. The van der Waals surface area contributed by atoms with E-state index in [1.165, 1.54) is 32.1 Å². The van der Waals surface area contributed by atoms with Gasteiger partial charge in [-0.2, -0.15) is 0 Å². The maximum atomic E-state index is 3.27. The molecule has 0 spiro atoms. The second-order valence-electron chi connectivity index (χ2n) is 4.22. The quantitative estimate of drug-likeness (QED) is 0.571. The molecule has 1 saturated carbocycles. The van der Waals surface area contributed by atoms with Crippen molar-refractivity contribution in [1.82, 2.24) is 0 Å². The van der Waals surface area contributed by atoms with E-state index in [0.29, 0.717) is 5.92 Å². The molecule has 0 N–H and O–H groups in total. The standard InChI is InChI=1S/C16H16/c1-3-9-15(10-4-1)13-7-8-14-16-11-5-2-6-12-16/h1,3-4,9-10,16H,2,5-6,11-12H2. The average molecular weight is 208 g/mol. The van der Waals surface area contributed by atoms with Gasteiger partial charge in [0.1, 0.15) is 0 Å². The Morgan fingerprint density at radius 3 is 2.38 bits per heavy atom. The lowest BCUT2D eigenvalue weighted by Gasteiger charge is -2.15. The summed E-state index contributed by atoms with van der Waals surface area (Å²) in [4.78, 5) is 0. The highest BCUT2D eigenvalue weighted by molar-refractivity contribution is 5.39. The van der Waals surface area contributed by atoms with Gasteiger partial charge in [0, 0.05) is 11.5 Å². The lowest BCUT2D eigenvalue weighted by atomic mass is 9.90. The molecule has 0 unspecified atom stereocenters. The number of benzene rings is 1. The van der Waals surface area contributed by atoms with Crippen LogP contribution >= 0.6 is 0 Å². The van der Waals surface area contributed by atoms with Gasteiger partial charge in [0.15, 0.2) is 0 Å². The van der Waals surface area contributed by atoms with Crippen molar-refractivity contribution in [3.8, 4) is 23.7 Å². The van der Waals surface area contributed by atoms with Crippen LogP contribution in [-0.2, 0) is 0 Å². The van der Waals surface area contributed by atoms with Gasteiger partial charge in [0.05, 0.1) is 0 Å². The van der Waals surface area contributed by atoms with Crippen LogP contribution < -0.4 is 0 Å². The molecule has 0 heterocycles. The Kier molecular flexibility index (Phi) is 4.09. The first-order valence-corrected chi connectivity index (χ1v) is 6.02. The normalized spacial score (nSPS) is 15.5. The number of rotatable bonds is 0. The van der Waals surface area contributed by atoms with Crippen molar-refractivity contribution < 1.29 is 0 Å². The fourth-order valence-corrected chi connectivity index (χ4v) is 2.01. The highest BCUT2D eigenvalue weighted by Crippen LogP contribution is 2.22. The summed E-state index contributed by atoms with van der Waals surface area (Å²) >= 11 is 0. The van der Waals surface area contributed by atoms with Crippen molar-refractivity contribution in [2.45, 2.75) is 32.1 Å². The predicted octanol–water partition coefficient (Wildman–Crippen LogP) is 3.62. The molecule has 0 heteroatoms. The first kappa shape index (κ1) is 10.8. The molecule has 0 amide bonds. The van der Waals surface area contributed by atoms with Crippen LogP contribution in [-0.4, -0.2) is 0 Å². The van der Waals surface area contributed by atoms with Crippen LogP contribution in [0.2, 0.25) is 0 Å². The highest BCUT2D eigenvalue weighted by Gasteiger charge is 2.09. The molecular weight excluding hydrogens is 192 g/mol. The molecule has 0 bridgehead atoms.